The van der Waals surface area contributed by atoms with Crippen molar-refractivity contribution in [1.29, 1.82) is 0 Å². The summed E-state index contributed by atoms with van der Waals surface area (Å²) < 4.78 is 27.1. The van der Waals surface area contributed by atoms with Crippen molar-refractivity contribution in [1.82, 2.24) is 4.90 Å². The summed E-state index contributed by atoms with van der Waals surface area (Å²) in [6, 6.07) is 9.18. The first-order valence-electron chi connectivity index (χ1n) is 7.52. The molecule has 0 saturated heterocycles. The third kappa shape index (κ3) is 3.77. The van der Waals surface area contributed by atoms with Gasteiger partial charge < -0.3 is 10.4 Å². The van der Waals surface area contributed by atoms with Gasteiger partial charge in [-0.2, -0.15) is 0 Å². The summed E-state index contributed by atoms with van der Waals surface area (Å²) in [6.45, 7) is -0.396. The number of aliphatic hydroxyl groups excluding tert-OH is 1. The first-order chi connectivity index (χ1) is 12.4. The molecule has 136 valence electrons. The lowest BCUT2D eigenvalue weighted by molar-refractivity contribution is -0.137. The second-order valence-corrected chi connectivity index (χ2v) is 7.94. The minimum Gasteiger partial charge on any atom is -0.395 e. The molecule has 0 fully saturated rings. The minimum absolute atomic E-state index is 0.0655. The molecule has 0 spiro atoms. The van der Waals surface area contributed by atoms with E-state index in [1.807, 2.05) is 0 Å². The zero-order valence-electron chi connectivity index (χ0n) is 13.4. The summed E-state index contributed by atoms with van der Waals surface area (Å²) >= 11 is 1.27. The number of carbonyl (C=O) groups excluding carboxylic acids is 2. The molecular formula is C16H15N3O5S2. The van der Waals surface area contributed by atoms with Crippen LogP contribution in [0.4, 0.5) is 10.7 Å². The fourth-order valence-electron chi connectivity index (χ4n) is 2.31. The molecule has 0 unspecified atom stereocenters. The van der Waals surface area contributed by atoms with E-state index >= 15 is 0 Å². The summed E-state index contributed by atoms with van der Waals surface area (Å²) in [7, 11) is -3.70. The van der Waals surface area contributed by atoms with Crippen LogP contribution in [-0.2, 0) is 19.6 Å². The maximum Gasteiger partial charge on any atom is 0.277 e. The highest BCUT2D eigenvalue weighted by molar-refractivity contribution is 7.93. The number of nitrogens with zero attached hydrogens (tertiary/aromatic N) is 1. The molecule has 8 nitrogen and oxygen atoms in total. The van der Waals surface area contributed by atoms with Gasteiger partial charge in [0.15, 0.2) is 0 Å². The van der Waals surface area contributed by atoms with E-state index in [0.717, 1.165) is 11.0 Å². The highest BCUT2D eigenvalue weighted by atomic mass is 32.2. The number of nitrogens with one attached hydrogen (secondary N) is 2. The molecule has 1 aromatic heterocycles. The van der Waals surface area contributed by atoms with Gasteiger partial charge in [-0.15, -0.1) is 11.3 Å². The second-order valence-electron chi connectivity index (χ2n) is 5.31. The number of hydrogen-bond acceptors (Lipinski definition) is 7. The summed E-state index contributed by atoms with van der Waals surface area (Å²) in [5, 5.41) is 13.9. The van der Waals surface area contributed by atoms with Gasteiger partial charge in [0.25, 0.3) is 21.8 Å². The molecule has 3 N–H and O–H groups in total. The number of aliphatic hydroxyl groups is 1. The summed E-state index contributed by atoms with van der Waals surface area (Å²) in [6.07, 6.45) is 1.14. The molecule has 2 amide bonds. The number of β-amino-alcohol motifs (C(OH)–C–C–N with tert-alkyl or cyclic N) is 1. The van der Waals surface area contributed by atoms with E-state index in [1.165, 1.54) is 35.6 Å². The molecule has 2 aromatic rings. The van der Waals surface area contributed by atoms with Crippen molar-refractivity contribution in [3.8, 4) is 0 Å². The molecule has 0 radical (unpaired) electrons. The van der Waals surface area contributed by atoms with E-state index in [-0.39, 0.29) is 23.7 Å². The molecule has 0 saturated carbocycles. The Bertz CT molecular complexity index is 950. The maximum absolute atomic E-state index is 12.3. The SMILES string of the molecule is O=C1C=C(Nc2ccc(S(=O)(=O)Nc3cccs3)cc2)C(=O)N1CCO. The molecular weight excluding hydrogens is 378 g/mol. The second kappa shape index (κ2) is 7.28. The first-order valence-corrected chi connectivity index (χ1v) is 9.89. The Morgan fingerprint density at radius 1 is 1.12 bits per heavy atom. The molecule has 0 aliphatic carbocycles. The average molecular weight is 393 g/mol. The van der Waals surface area contributed by atoms with Gasteiger partial charge in [0, 0.05) is 11.8 Å². The maximum atomic E-state index is 12.3. The van der Waals surface area contributed by atoms with Crippen LogP contribution >= 0.6 is 11.3 Å². The van der Waals surface area contributed by atoms with Crippen LogP contribution in [0.2, 0.25) is 0 Å². The molecule has 2 heterocycles. The monoisotopic (exact) mass is 393 g/mol. The van der Waals surface area contributed by atoms with Crippen LogP contribution in [-0.4, -0.2) is 43.4 Å². The molecule has 1 aliphatic rings. The summed E-state index contributed by atoms with van der Waals surface area (Å²) in [4.78, 5) is 24.8. The van der Waals surface area contributed by atoms with Crippen LogP contribution < -0.4 is 10.0 Å². The van der Waals surface area contributed by atoms with Crippen molar-refractivity contribution in [2.75, 3.05) is 23.2 Å². The zero-order valence-corrected chi connectivity index (χ0v) is 15.0. The Morgan fingerprint density at radius 2 is 1.85 bits per heavy atom. The van der Waals surface area contributed by atoms with Crippen molar-refractivity contribution in [3.63, 3.8) is 0 Å². The molecule has 26 heavy (non-hydrogen) atoms. The van der Waals surface area contributed by atoms with Crippen LogP contribution in [0.5, 0.6) is 0 Å². The van der Waals surface area contributed by atoms with E-state index in [1.54, 1.807) is 17.5 Å². The molecule has 3 rings (SSSR count). The van der Waals surface area contributed by atoms with Crippen molar-refractivity contribution >= 4 is 43.9 Å². The highest BCUT2D eigenvalue weighted by Crippen LogP contribution is 2.23. The smallest absolute Gasteiger partial charge is 0.277 e. The Labute approximate surface area is 153 Å². The fourth-order valence-corrected chi connectivity index (χ4v) is 4.24. The van der Waals surface area contributed by atoms with E-state index < -0.39 is 21.8 Å². The van der Waals surface area contributed by atoms with Crippen molar-refractivity contribution in [3.05, 3.63) is 53.6 Å². The van der Waals surface area contributed by atoms with Gasteiger partial charge in [0.1, 0.15) is 10.7 Å². The Kier molecular flexibility index (Phi) is 5.07. The molecule has 1 aromatic carbocycles. The van der Waals surface area contributed by atoms with E-state index in [9.17, 15) is 18.0 Å². The zero-order chi connectivity index (χ0) is 18.7. The Hall–Kier alpha value is -2.69. The van der Waals surface area contributed by atoms with Gasteiger partial charge >= 0.3 is 0 Å². The van der Waals surface area contributed by atoms with Gasteiger partial charge in [-0.3, -0.25) is 19.2 Å². The van der Waals surface area contributed by atoms with Crippen LogP contribution in [0.15, 0.2) is 58.4 Å². The van der Waals surface area contributed by atoms with E-state index in [2.05, 4.69) is 10.0 Å². The topological polar surface area (TPSA) is 116 Å². The van der Waals surface area contributed by atoms with Crippen LogP contribution in [0.25, 0.3) is 0 Å². The fraction of sp³-hybridized carbons (Fsp3) is 0.125. The van der Waals surface area contributed by atoms with Gasteiger partial charge in [0.05, 0.1) is 18.0 Å². The predicted molar refractivity (Wildman–Crippen MR) is 97.1 cm³/mol. The predicted octanol–water partition coefficient (Wildman–Crippen LogP) is 1.21. The number of anilines is 2. The number of benzene rings is 1. The lowest BCUT2D eigenvalue weighted by atomic mass is 10.3. The normalized spacial score (nSPS) is 14.5. The lowest BCUT2D eigenvalue weighted by Crippen LogP contribution is -2.34. The molecule has 0 bridgehead atoms. The Morgan fingerprint density at radius 3 is 2.46 bits per heavy atom. The molecule has 1 aliphatic heterocycles. The summed E-state index contributed by atoms with van der Waals surface area (Å²) in [5.74, 6) is -1.05. The van der Waals surface area contributed by atoms with Gasteiger partial charge in [-0.1, -0.05) is 0 Å². The standard InChI is InChI=1S/C16H15N3O5S2/c20-8-7-19-15(21)10-13(16(19)22)17-11-3-5-12(6-4-11)26(23,24)18-14-2-1-9-25-14/h1-6,9-10,17-18,20H,7-8H2. The average Bonchev–Trinajstić information content (AvgIpc) is 3.19. The van der Waals surface area contributed by atoms with Crippen molar-refractivity contribution in [2.24, 2.45) is 0 Å². The minimum atomic E-state index is -3.70. The van der Waals surface area contributed by atoms with Gasteiger partial charge in [0.2, 0.25) is 0 Å². The lowest BCUT2D eigenvalue weighted by Gasteiger charge is -2.13. The summed E-state index contributed by atoms with van der Waals surface area (Å²) in [5.41, 5.74) is 0.522. The van der Waals surface area contributed by atoms with Crippen LogP contribution in [0.1, 0.15) is 0 Å². The number of carbonyl (C=O) groups is 2. The van der Waals surface area contributed by atoms with E-state index in [0.29, 0.717) is 10.7 Å². The van der Waals surface area contributed by atoms with Crippen molar-refractivity contribution < 1.29 is 23.1 Å². The number of thiophene rings is 1. The van der Waals surface area contributed by atoms with Crippen molar-refractivity contribution in [2.45, 2.75) is 4.90 Å². The van der Waals surface area contributed by atoms with E-state index in [4.69, 9.17) is 5.11 Å². The number of rotatable bonds is 7. The highest BCUT2D eigenvalue weighted by Gasteiger charge is 2.30. The number of sulfonamides is 1. The Balaban J connectivity index is 1.71. The number of amides is 2. The number of hydrogen-bond donors (Lipinski definition) is 3. The molecule has 10 heteroatoms. The first kappa shape index (κ1) is 18.1. The van der Waals surface area contributed by atoms with Gasteiger partial charge in [-0.05, 0) is 41.8 Å². The quantitative estimate of drug-likeness (QED) is 0.609. The van der Waals surface area contributed by atoms with Crippen LogP contribution in [0.3, 0.4) is 0 Å². The van der Waals surface area contributed by atoms with Crippen LogP contribution in [0, 0.1) is 0 Å². The number of imide groups is 1. The largest absolute Gasteiger partial charge is 0.395 e. The van der Waals surface area contributed by atoms with Gasteiger partial charge in [-0.25, -0.2) is 8.42 Å². The third-order valence-corrected chi connectivity index (χ3v) is 5.83. The third-order valence-electron chi connectivity index (χ3n) is 3.53. The molecule has 0 atom stereocenters.